The normalized spacial score (nSPS) is 14.0. The average molecular weight is 390 g/mol. The van der Waals surface area contributed by atoms with Gasteiger partial charge < -0.3 is 19.3 Å². The number of ether oxygens (including phenoxy) is 2. The maximum Gasteiger partial charge on any atom is 0.344 e. The first kappa shape index (κ1) is 19.6. The Kier molecular flexibility index (Phi) is 6.08. The summed E-state index contributed by atoms with van der Waals surface area (Å²) in [5.41, 5.74) is 0.148. The number of esters is 1. The van der Waals surface area contributed by atoms with Crippen LogP contribution in [0.5, 0.6) is 5.75 Å². The molecule has 0 N–H and O–H groups in total. The van der Waals surface area contributed by atoms with Gasteiger partial charge in [-0.15, -0.1) is 0 Å². The van der Waals surface area contributed by atoms with Gasteiger partial charge in [0.05, 0.1) is 12.8 Å². The van der Waals surface area contributed by atoms with E-state index >= 15 is 0 Å². The summed E-state index contributed by atoms with van der Waals surface area (Å²) in [4.78, 5) is 27.8. The molecule has 148 valence electrons. The molecule has 1 amide bonds. The van der Waals surface area contributed by atoms with Gasteiger partial charge in [0.2, 0.25) is 0 Å². The molecule has 8 heteroatoms. The summed E-state index contributed by atoms with van der Waals surface area (Å²) >= 11 is 0. The molecule has 1 aliphatic rings. The molecule has 0 unspecified atom stereocenters. The molecule has 0 aromatic heterocycles. The summed E-state index contributed by atoms with van der Waals surface area (Å²) < 4.78 is 37.4. The number of anilines is 1. The monoisotopic (exact) mass is 390 g/mol. The maximum atomic E-state index is 13.6. The quantitative estimate of drug-likeness (QED) is 0.735. The van der Waals surface area contributed by atoms with E-state index in [-0.39, 0.29) is 0 Å². The molecule has 0 atom stereocenters. The molecule has 6 nitrogen and oxygen atoms in total. The first-order chi connectivity index (χ1) is 13.5. The van der Waals surface area contributed by atoms with Crippen molar-refractivity contribution < 1.29 is 27.8 Å². The second-order valence-corrected chi connectivity index (χ2v) is 6.21. The number of amides is 1. The summed E-state index contributed by atoms with van der Waals surface area (Å²) in [6.45, 7) is 1.47. The lowest BCUT2D eigenvalue weighted by molar-refractivity contribution is -0.134. The molecule has 0 radical (unpaired) electrons. The molecule has 1 fully saturated rings. The Bertz CT molecular complexity index is 847. The van der Waals surface area contributed by atoms with Gasteiger partial charge in [0.15, 0.2) is 6.61 Å². The van der Waals surface area contributed by atoms with Gasteiger partial charge in [-0.05, 0) is 24.3 Å². The Morgan fingerprint density at radius 2 is 1.61 bits per heavy atom. The fourth-order valence-corrected chi connectivity index (χ4v) is 3.07. The van der Waals surface area contributed by atoms with E-state index in [1.54, 1.807) is 12.0 Å². The van der Waals surface area contributed by atoms with Crippen LogP contribution < -0.4 is 9.64 Å². The predicted octanol–water partition coefficient (Wildman–Crippen LogP) is 2.48. The summed E-state index contributed by atoms with van der Waals surface area (Å²) in [5, 5.41) is 0. The summed E-state index contributed by atoms with van der Waals surface area (Å²) in [5.74, 6) is -2.91. The Morgan fingerprint density at radius 3 is 2.25 bits per heavy atom. The fourth-order valence-electron chi connectivity index (χ4n) is 3.07. The lowest BCUT2D eigenvalue weighted by Gasteiger charge is -2.36. The second-order valence-electron chi connectivity index (χ2n) is 6.21. The Labute approximate surface area is 161 Å². The van der Waals surface area contributed by atoms with Crippen LogP contribution in [0, 0.1) is 11.6 Å². The van der Waals surface area contributed by atoms with Crippen LogP contribution in [0.25, 0.3) is 0 Å². The zero-order valence-corrected chi connectivity index (χ0v) is 15.4. The van der Waals surface area contributed by atoms with Crippen molar-refractivity contribution in [2.45, 2.75) is 0 Å². The smallest absolute Gasteiger partial charge is 0.344 e. The number of rotatable bonds is 5. The third-order valence-corrected chi connectivity index (χ3v) is 4.55. The Balaban J connectivity index is 1.54. The van der Waals surface area contributed by atoms with Gasteiger partial charge in [0.25, 0.3) is 5.91 Å². The SMILES string of the molecule is COc1ccccc1N1CCN(C(=O)COC(=O)c2c(F)cccc2F)CC1. The van der Waals surface area contributed by atoms with E-state index in [0.717, 1.165) is 29.6 Å². The minimum absolute atomic E-state index is 0.412. The molecule has 1 saturated heterocycles. The molecule has 0 bridgehead atoms. The Morgan fingerprint density at radius 1 is 0.964 bits per heavy atom. The van der Waals surface area contributed by atoms with Crippen molar-refractivity contribution in [1.29, 1.82) is 0 Å². The topological polar surface area (TPSA) is 59.1 Å². The molecule has 2 aromatic carbocycles. The van der Waals surface area contributed by atoms with Gasteiger partial charge in [0.1, 0.15) is 22.9 Å². The molecule has 0 aliphatic carbocycles. The van der Waals surface area contributed by atoms with Crippen LogP contribution in [0.15, 0.2) is 42.5 Å². The van der Waals surface area contributed by atoms with E-state index in [1.807, 2.05) is 24.3 Å². The maximum absolute atomic E-state index is 13.6. The van der Waals surface area contributed by atoms with E-state index < -0.39 is 35.7 Å². The van der Waals surface area contributed by atoms with Gasteiger partial charge in [0, 0.05) is 26.2 Å². The molecule has 28 heavy (non-hydrogen) atoms. The number of nitrogens with zero attached hydrogens (tertiary/aromatic N) is 2. The van der Waals surface area contributed by atoms with Crippen LogP contribution in [-0.4, -0.2) is 56.7 Å². The standard InChI is InChI=1S/C20H20F2N2O4/c1-27-17-8-3-2-7-16(17)23-9-11-24(12-10-23)18(25)13-28-20(26)19-14(21)5-4-6-15(19)22/h2-8H,9-13H2,1H3. The number of halogens is 2. The number of hydrogen-bond donors (Lipinski definition) is 0. The van der Waals surface area contributed by atoms with Crippen LogP contribution in [0.4, 0.5) is 14.5 Å². The first-order valence-corrected chi connectivity index (χ1v) is 8.78. The Hall–Kier alpha value is -3.16. The number of methoxy groups -OCH3 is 1. The van der Waals surface area contributed by atoms with Crippen LogP contribution in [-0.2, 0) is 9.53 Å². The first-order valence-electron chi connectivity index (χ1n) is 8.78. The van der Waals surface area contributed by atoms with Gasteiger partial charge >= 0.3 is 5.97 Å². The van der Waals surface area contributed by atoms with Crippen molar-refractivity contribution in [3.05, 3.63) is 59.7 Å². The van der Waals surface area contributed by atoms with Crippen LogP contribution in [0.1, 0.15) is 10.4 Å². The second kappa shape index (κ2) is 8.69. The number of piperazine rings is 1. The predicted molar refractivity (Wildman–Crippen MR) is 98.4 cm³/mol. The minimum atomic E-state index is -1.20. The van der Waals surface area contributed by atoms with Crippen molar-refractivity contribution in [2.75, 3.05) is 44.8 Å². The molecular formula is C20H20F2N2O4. The highest BCUT2D eigenvalue weighted by molar-refractivity contribution is 5.91. The van der Waals surface area contributed by atoms with Gasteiger partial charge in [-0.2, -0.15) is 0 Å². The van der Waals surface area contributed by atoms with Gasteiger partial charge in [-0.3, -0.25) is 4.79 Å². The minimum Gasteiger partial charge on any atom is -0.495 e. The van der Waals surface area contributed by atoms with Crippen LogP contribution in [0.3, 0.4) is 0 Å². The zero-order chi connectivity index (χ0) is 20.1. The van der Waals surface area contributed by atoms with E-state index in [9.17, 15) is 18.4 Å². The highest BCUT2D eigenvalue weighted by Crippen LogP contribution is 2.28. The van der Waals surface area contributed by atoms with Crippen LogP contribution in [0.2, 0.25) is 0 Å². The summed E-state index contributed by atoms with van der Waals surface area (Å²) in [6, 6.07) is 10.7. The third kappa shape index (κ3) is 4.21. The number of carbonyl (C=O) groups is 2. The van der Waals surface area contributed by atoms with Gasteiger partial charge in [-0.1, -0.05) is 18.2 Å². The van der Waals surface area contributed by atoms with Crippen LogP contribution >= 0.6 is 0 Å². The van der Waals surface area contributed by atoms with E-state index in [0.29, 0.717) is 26.2 Å². The zero-order valence-electron chi connectivity index (χ0n) is 15.4. The van der Waals surface area contributed by atoms with E-state index in [1.165, 1.54) is 0 Å². The number of carbonyl (C=O) groups excluding carboxylic acids is 2. The lowest BCUT2D eigenvalue weighted by Crippen LogP contribution is -2.50. The number of hydrogen-bond acceptors (Lipinski definition) is 5. The van der Waals surface area contributed by atoms with Crippen molar-refractivity contribution in [3.8, 4) is 5.75 Å². The summed E-state index contributed by atoms with van der Waals surface area (Å²) in [6.07, 6.45) is 0. The lowest BCUT2D eigenvalue weighted by atomic mass is 10.2. The number of para-hydroxylation sites is 2. The molecule has 0 saturated carbocycles. The molecule has 1 aliphatic heterocycles. The molecule has 2 aromatic rings. The van der Waals surface area contributed by atoms with E-state index in [4.69, 9.17) is 9.47 Å². The van der Waals surface area contributed by atoms with Crippen molar-refractivity contribution in [3.63, 3.8) is 0 Å². The highest BCUT2D eigenvalue weighted by atomic mass is 19.1. The van der Waals surface area contributed by atoms with Crippen molar-refractivity contribution in [2.24, 2.45) is 0 Å². The molecule has 0 spiro atoms. The van der Waals surface area contributed by atoms with E-state index in [2.05, 4.69) is 4.90 Å². The van der Waals surface area contributed by atoms with Crippen molar-refractivity contribution in [1.82, 2.24) is 4.90 Å². The third-order valence-electron chi connectivity index (χ3n) is 4.55. The fraction of sp³-hybridized carbons (Fsp3) is 0.300. The number of benzene rings is 2. The summed E-state index contributed by atoms with van der Waals surface area (Å²) in [7, 11) is 1.60. The largest absolute Gasteiger partial charge is 0.495 e. The molecular weight excluding hydrogens is 370 g/mol. The molecule has 1 heterocycles. The molecule has 3 rings (SSSR count). The highest BCUT2D eigenvalue weighted by Gasteiger charge is 2.25. The van der Waals surface area contributed by atoms with Crippen molar-refractivity contribution >= 4 is 17.6 Å². The van der Waals surface area contributed by atoms with Gasteiger partial charge in [-0.25, -0.2) is 13.6 Å². The average Bonchev–Trinajstić information content (AvgIpc) is 2.72.